The molecule has 148 valence electrons. The van der Waals surface area contributed by atoms with Crippen LogP contribution in [0.5, 0.6) is 0 Å². The molecule has 0 bridgehead atoms. The van der Waals surface area contributed by atoms with Gasteiger partial charge in [0.1, 0.15) is 0 Å². The molecule has 1 heterocycles. The number of unbranched alkanes of at least 4 members (excludes halogenated alkanes) is 1. The fourth-order valence-corrected chi connectivity index (χ4v) is 3.98. The van der Waals surface area contributed by atoms with Gasteiger partial charge in [0.25, 0.3) is 10.1 Å². The summed E-state index contributed by atoms with van der Waals surface area (Å²) in [5.74, 6) is -0.0349. The molecule has 0 N–H and O–H groups in total. The zero-order chi connectivity index (χ0) is 19.0. The van der Waals surface area contributed by atoms with Gasteiger partial charge in [0.2, 0.25) is 0 Å². The molecule has 0 aliphatic carbocycles. The summed E-state index contributed by atoms with van der Waals surface area (Å²) in [7, 11) is -3.75. The first-order valence-corrected chi connectivity index (χ1v) is 11.1. The Balaban J connectivity index is 1.94. The van der Waals surface area contributed by atoms with E-state index in [-0.39, 0.29) is 29.8 Å². The second-order valence-electron chi connectivity index (χ2n) is 7.14. The molecule has 1 aromatic carbocycles. The summed E-state index contributed by atoms with van der Waals surface area (Å²) in [5.41, 5.74) is 1.01. The smallest absolute Gasteiger partial charge is 0.296 e. The Kier molecular flexibility index (Phi) is 8.54. The van der Waals surface area contributed by atoms with E-state index in [4.69, 9.17) is 13.7 Å². The molecule has 1 aromatic rings. The first-order valence-electron chi connectivity index (χ1n) is 9.65. The standard InChI is InChI=1S/C20H32O5S/c1-4-5-8-19(25-20-9-6-7-14-23-20)17(3)15-24-26(21,22)18-12-10-16(2)11-13-18/h10-13,17,19-20H,4-9,14-15H2,1-3H3/t17-,19-,20?/m0/s1. The first-order chi connectivity index (χ1) is 12.4. The molecule has 0 amide bonds. The van der Waals surface area contributed by atoms with Crippen molar-refractivity contribution >= 4 is 10.1 Å². The third-order valence-corrected chi connectivity index (χ3v) is 6.03. The van der Waals surface area contributed by atoms with Gasteiger partial charge in [-0.05, 0) is 44.7 Å². The zero-order valence-corrected chi connectivity index (χ0v) is 17.0. The van der Waals surface area contributed by atoms with Gasteiger partial charge in [0.15, 0.2) is 6.29 Å². The molecule has 2 rings (SSSR count). The lowest BCUT2D eigenvalue weighted by Gasteiger charge is -2.31. The Morgan fingerprint density at radius 3 is 2.58 bits per heavy atom. The maximum atomic E-state index is 12.4. The fraction of sp³-hybridized carbons (Fsp3) is 0.700. The predicted molar refractivity (Wildman–Crippen MR) is 101 cm³/mol. The van der Waals surface area contributed by atoms with E-state index in [0.717, 1.165) is 50.7 Å². The SMILES string of the molecule is CCCC[C@H](OC1CCCCO1)[C@@H](C)COS(=O)(=O)c1ccc(C)cc1. The maximum Gasteiger partial charge on any atom is 0.296 e. The lowest BCUT2D eigenvalue weighted by molar-refractivity contribution is -0.200. The van der Waals surface area contributed by atoms with E-state index >= 15 is 0 Å². The highest BCUT2D eigenvalue weighted by Gasteiger charge is 2.26. The molecular formula is C20H32O5S. The van der Waals surface area contributed by atoms with Crippen molar-refractivity contribution in [3.63, 3.8) is 0 Å². The van der Waals surface area contributed by atoms with Crippen molar-refractivity contribution in [1.82, 2.24) is 0 Å². The van der Waals surface area contributed by atoms with Crippen LogP contribution in [0.1, 0.15) is 57.9 Å². The number of hydrogen-bond donors (Lipinski definition) is 0. The number of aryl methyl sites for hydroxylation is 1. The summed E-state index contributed by atoms with van der Waals surface area (Å²) in [6, 6.07) is 6.70. The highest BCUT2D eigenvalue weighted by molar-refractivity contribution is 7.86. The third-order valence-electron chi connectivity index (χ3n) is 4.74. The van der Waals surface area contributed by atoms with Crippen molar-refractivity contribution in [1.29, 1.82) is 0 Å². The molecule has 3 atom stereocenters. The van der Waals surface area contributed by atoms with E-state index in [2.05, 4.69) is 6.92 Å². The molecule has 26 heavy (non-hydrogen) atoms. The Hall–Kier alpha value is -0.950. The van der Waals surface area contributed by atoms with E-state index < -0.39 is 10.1 Å². The van der Waals surface area contributed by atoms with Crippen molar-refractivity contribution in [2.24, 2.45) is 5.92 Å². The quantitative estimate of drug-likeness (QED) is 0.558. The van der Waals surface area contributed by atoms with Crippen LogP contribution in [0.15, 0.2) is 29.2 Å². The molecule has 5 nitrogen and oxygen atoms in total. The van der Waals surface area contributed by atoms with Crippen molar-refractivity contribution in [2.75, 3.05) is 13.2 Å². The van der Waals surface area contributed by atoms with Gasteiger partial charge in [0.05, 0.1) is 17.6 Å². The molecule has 1 aliphatic heterocycles. The van der Waals surface area contributed by atoms with Gasteiger partial charge in [-0.25, -0.2) is 0 Å². The van der Waals surface area contributed by atoms with Crippen LogP contribution in [-0.4, -0.2) is 34.0 Å². The Morgan fingerprint density at radius 2 is 1.96 bits per heavy atom. The summed E-state index contributed by atoms with van der Waals surface area (Å²) >= 11 is 0. The van der Waals surface area contributed by atoms with Gasteiger partial charge in [-0.15, -0.1) is 0 Å². The van der Waals surface area contributed by atoms with Crippen LogP contribution in [0.25, 0.3) is 0 Å². The maximum absolute atomic E-state index is 12.4. The Morgan fingerprint density at radius 1 is 1.23 bits per heavy atom. The average molecular weight is 385 g/mol. The molecular weight excluding hydrogens is 352 g/mol. The van der Waals surface area contributed by atoms with Gasteiger partial charge in [-0.1, -0.05) is 44.4 Å². The molecule has 0 spiro atoms. The van der Waals surface area contributed by atoms with Gasteiger partial charge >= 0.3 is 0 Å². The van der Waals surface area contributed by atoms with E-state index in [9.17, 15) is 8.42 Å². The van der Waals surface area contributed by atoms with Crippen LogP contribution >= 0.6 is 0 Å². The van der Waals surface area contributed by atoms with Gasteiger partial charge in [-0.3, -0.25) is 4.18 Å². The lowest BCUT2D eigenvalue weighted by atomic mass is 10.00. The van der Waals surface area contributed by atoms with E-state index in [1.54, 1.807) is 24.3 Å². The van der Waals surface area contributed by atoms with Crippen molar-refractivity contribution in [3.05, 3.63) is 29.8 Å². The average Bonchev–Trinajstić information content (AvgIpc) is 2.64. The summed E-state index contributed by atoms with van der Waals surface area (Å²) < 4.78 is 41.9. The van der Waals surface area contributed by atoms with Gasteiger partial charge < -0.3 is 9.47 Å². The van der Waals surface area contributed by atoms with E-state index in [1.165, 1.54) is 0 Å². The first kappa shape index (κ1) is 21.4. The molecule has 0 aromatic heterocycles. The monoisotopic (exact) mass is 384 g/mol. The van der Waals surface area contributed by atoms with Crippen molar-refractivity contribution in [2.45, 2.75) is 76.6 Å². The zero-order valence-electron chi connectivity index (χ0n) is 16.1. The predicted octanol–water partition coefficient (Wildman–Crippen LogP) is 4.44. The number of rotatable bonds is 10. The molecule has 6 heteroatoms. The number of benzene rings is 1. The van der Waals surface area contributed by atoms with Gasteiger partial charge in [-0.2, -0.15) is 8.42 Å². The van der Waals surface area contributed by atoms with Crippen LogP contribution in [-0.2, 0) is 23.8 Å². The van der Waals surface area contributed by atoms with Crippen LogP contribution in [0.4, 0.5) is 0 Å². The highest BCUT2D eigenvalue weighted by atomic mass is 32.2. The van der Waals surface area contributed by atoms with Crippen LogP contribution < -0.4 is 0 Å². The lowest BCUT2D eigenvalue weighted by Crippen LogP contribution is -2.33. The molecule has 1 fully saturated rings. The van der Waals surface area contributed by atoms with Gasteiger partial charge in [0, 0.05) is 12.5 Å². The molecule has 1 saturated heterocycles. The summed E-state index contributed by atoms with van der Waals surface area (Å²) in [6.07, 6.45) is 5.83. The van der Waals surface area contributed by atoms with Crippen LogP contribution in [0, 0.1) is 12.8 Å². The second-order valence-corrected chi connectivity index (χ2v) is 8.76. The highest BCUT2D eigenvalue weighted by Crippen LogP contribution is 2.23. The number of hydrogen-bond acceptors (Lipinski definition) is 5. The molecule has 1 aliphatic rings. The summed E-state index contributed by atoms with van der Waals surface area (Å²) in [4.78, 5) is 0.192. The third kappa shape index (κ3) is 6.65. The van der Waals surface area contributed by atoms with E-state index in [1.807, 2.05) is 13.8 Å². The Labute approximate surface area is 158 Å². The van der Waals surface area contributed by atoms with E-state index in [0.29, 0.717) is 0 Å². The molecule has 0 radical (unpaired) electrons. The summed E-state index contributed by atoms with van der Waals surface area (Å²) in [6.45, 7) is 6.88. The second kappa shape index (κ2) is 10.4. The van der Waals surface area contributed by atoms with Crippen molar-refractivity contribution in [3.8, 4) is 0 Å². The number of ether oxygens (including phenoxy) is 2. The minimum absolute atomic E-state index is 0.0349. The minimum atomic E-state index is -3.75. The minimum Gasteiger partial charge on any atom is -0.353 e. The largest absolute Gasteiger partial charge is 0.353 e. The molecule has 0 saturated carbocycles. The normalized spacial score (nSPS) is 20.7. The fourth-order valence-electron chi connectivity index (χ4n) is 2.98. The molecule has 1 unspecified atom stereocenters. The Bertz CT molecular complexity index is 620. The van der Waals surface area contributed by atoms with Crippen molar-refractivity contribution < 1.29 is 22.1 Å². The topological polar surface area (TPSA) is 61.8 Å². The van der Waals surface area contributed by atoms with Crippen LogP contribution in [0.3, 0.4) is 0 Å². The summed E-state index contributed by atoms with van der Waals surface area (Å²) in [5, 5.41) is 0. The van der Waals surface area contributed by atoms with Crippen LogP contribution in [0.2, 0.25) is 0 Å².